The van der Waals surface area contributed by atoms with Crippen molar-refractivity contribution in [1.29, 1.82) is 0 Å². The third-order valence-corrected chi connectivity index (χ3v) is 6.56. The summed E-state index contributed by atoms with van der Waals surface area (Å²) in [4.78, 5) is 38.8. The van der Waals surface area contributed by atoms with Crippen LogP contribution in [-0.2, 0) is 9.59 Å². The van der Waals surface area contributed by atoms with Crippen molar-refractivity contribution < 1.29 is 24.2 Å². The molecule has 0 saturated carbocycles. The van der Waals surface area contributed by atoms with E-state index in [1.54, 1.807) is 36.0 Å². The maximum Gasteiger partial charge on any atom is 0.258 e. The van der Waals surface area contributed by atoms with E-state index in [1.807, 2.05) is 0 Å². The van der Waals surface area contributed by atoms with Crippen LogP contribution in [0.25, 0.3) is 0 Å². The van der Waals surface area contributed by atoms with E-state index in [9.17, 15) is 19.5 Å². The Bertz CT molecular complexity index is 804. The molecule has 9 heteroatoms. The highest BCUT2D eigenvalue weighted by atomic mass is 32.2. The number of aliphatic hydroxyl groups excluding tert-OH is 1. The van der Waals surface area contributed by atoms with Crippen LogP contribution in [0.1, 0.15) is 29.6 Å². The summed E-state index contributed by atoms with van der Waals surface area (Å²) in [5.74, 6) is 1.14. The number of rotatable bonds is 3. The Hall–Kier alpha value is -2.26. The molecule has 4 rings (SSSR count). The molecule has 3 aliphatic rings. The van der Waals surface area contributed by atoms with E-state index in [0.717, 1.165) is 0 Å². The summed E-state index contributed by atoms with van der Waals surface area (Å²) < 4.78 is 6.09. The number of para-hydroxylation sites is 1. The highest BCUT2D eigenvalue weighted by Crippen LogP contribution is 2.33. The summed E-state index contributed by atoms with van der Waals surface area (Å²) in [6, 6.07) is 6.75. The molecule has 3 amide bonds. The standard InChI is InChI=1S/C19H23N3O5S/c23-14-11-28-10-13(14)20-16(24)9-22-8-7-19(6-5-17(22)25)21-18(26)12-3-1-2-4-15(12)27-19/h1-4,13-14,23H,5-11H2,(H,20,24)(H,21,26)/t13-,14+,19+/m1/s1. The Morgan fingerprint density at radius 2 is 2.14 bits per heavy atom. The van der Waals surface area contributed by atoms with Crippen LogP contribution < -0.4 is 15.4 Å². The molecule has 28 heavy (non-hydrogen) atoms. The molecule has 0 aromatic heterocycles. The van der Waals surface area contributed by atoms with Crippen molar-refractivity contribution >= 4 is 29.5 Å². The maximum atomic E-state index is 12.5. The van der Waals surface area contributed by atoms with Gasteiger partial charge >= 0.3 is 0 Å². The van der Waals surface area contributed by atoms with E-state index in [-0.39, 0.29) is 36.7 Å². The van der Waals surface area contributed by atoms with Crippen LogP contribution in [0.2, 0.25) is 0 Å². The zero-order valence-corrected chi connectivity index (χ0v) is 16.2. The van der Waals surface area contributed by atoms with Gasteiger partial charge in [0.25, 0.3) is 5.91 Å². The van der Waals surface area contributed by atoms with Gasteiger partial charge in [0.15, 0.2) is 5.72 Å². The third-order valence-electron chi connectivity index (χ3n) is 5.39. The molecule has 0 unspecified atom stereocenters. The average molecular weight is 405 g/mol. The summed E-state index contributed by atoms with van der Waals surface area (Å²) in [7, 11) is 0. The molecule has 1 aromatic carbocycles. The number of amides is 3. The van der Waals surface area contributed by atoms with Crippen molar-refractivity contribution in [1.82, 2.24) is 15.5 Å². The fourth-order valence-corrected chi connectivity index (χ4v) is 4.96. The van der Waals surface area contributed by atoms with E-state index < -0.39 is 11.8 Å². The van der Waals surface area contributed by atoms with Gasteiger partial charge in [-0.05, 0) is 12.1 Å². The van der Waals surface area contributed by atoms with Crippen LogP contribution in [-0.4, -0.2) is 70.2 Å². The first kappa shape index (κ1) is 19.1. The topological polar surface area (TPSA) is 108 Å². The van der Waals surface area contributed by atoms with Gasteiger partial charge < -0.3 is 25.4 Å². The van der Waals surface area contributed by atoms with Gasteiger partial charge in [-0.15, -0.1) is 0 Å². The lowest BCUT2D eigenvalue weighted by molar-refractivity contribution is -0.136. The van der Waals surface area contributed by atoms with Crippen molar-refractivity contribution in [2.75, 3.05) is 24.6 Å². The molecule has 8 nitrogen and oxygen atoms in total. The molecule has 3 heterocycles. The Morgan fingerprint density at radius 1 is 1.32 bits per heavy atom. The molecule has 1 aromatic rings. The van der Waals surface area contributed by atoms with Gasteiger partial charge in [0, 0.05) is 37.3 Å². The highest BCUT2D eigenvalue weighted by Gasteiger charge is 2.42. The molecule has 0 bridgehead atoms. The summed E-state index contributed by atoms with van der Waals surface area (Å²) in [5, 5.41) is 15.6. The first-order valence-corrected chi connectivity index (χ1v) is 10.5. The number of likely N-dealkylation sites (tertiary alicyclic amines) is 1. The zero-order chi connectivity index (χ0) is 19.7. The van der Waals surface area contributed by atoms with Crippen LogP contribution in [0.15, 0.2) is 24.3 Å². The Balaban J connectivity index is 1.40. The van der Waals surface area contributed by atoms with Crippen molar-refractivity contribution in [2.45, 2.75) is 37.1 Å². The number of benzene rings is 1. The Kier molecular flexibility index (Phi) is 5.20. The minimum absolute atomic E-state index is 0.0622. The minimum atomic E-state index is -0.940. The van der Waals surface area contributed by atoms with E-state index in [0.29, 0.717) is 42.2 Å². The fourth-order valence-electron chi connectivity index (χ4n) is 3.79. The molecule has 0 aliphatic carbocycles. The van der Waals surface area contributed by atoms with Gasteiger partial charge in [-0.25, -0.2) is 0 Å². The SMILES string of the molecule is O=C(CN1CC[C@@]2(CCC1=O)NC(=O)c1ccccc1O2)N[C@@H]1CSC[C@@H]1O. The van der Waals surface area contributed by atoms with Crippen molar-refractivity contribution in [3.8, 4) is 5.75 Å². The van der Waals surface area contributed by atoms with E-state index in [4.69, 9.17) is 4.74 Å². The summed E-state index contributed by atoms with van der Waals surface area (Å²) in [5.41, 5.74) is -0.460. The van der Waals surface area contributed by atoms with Gasteiger partial charge in [-0.2, -0.15) is 11.8 Å². The van der Waals surface area contributed by atoms with Crippen LogP contribution in [0.5, 0.6) is 5.75 Å². The van der Waals surface area contributed by atoms with E-state index in [1.165, 1.54) is 4.90 Å². The first-order chi connectivity index (χ1) is 13.5. The minimum Gasteiger partial charge on any atom is -0.467 e. The smallest absolute Gasteiger partial charge is 0.258 e. The lowest BCUT2D eigenvalue weighted by atomic mass is 10.0. The van der Waals surface area contributed by atoms with Gasteiger partial charge in [0.2, 0.25) is 11.8 Å². The largest absolute Gasteiger partial charge is 0.467 e. The molecule has 3 atom stereocenters. The van der Waals surface area contributed by atoms with Crippen LogP contribution in [0.4, 0.5) is 0 Å². The van der Waals surface area contributed by atoms with Gasteiger partial charge in [0.05, 0.1) is 24.3 Å². The molecule has 3 aliphatic heterocycles. The molecular weight excluding hydrogens is 382 g/mol. The predicted molar refractivity (Wildman–Crippen MR) is 103 cm³/mol. The zero-order valence-electron chi connectivity index (χ0n) is 15.3. The second-order valence-corrected chi connectivity index (χ2v) is 8.47. The Morgan fingerprint density at radius 3 is 2.93 bits per heavy atom. The second kappa shape index (κ2) is 7.63. The molecule has 2 saturated heterocycles. The number of thioether (sulfide) groups is 1. The molecule has 3 N–H and O–H groups in total. The molecule has 2 fully saturated rings. The monoisotopic (exact) mass is 405 g/mol. The number of nitrogens with zero attached hydrogens (tertiary/aromatic N) is 1. The lowest BCUT2D eigenvalue weighted by Crippen LogP contribution is -2.56. The molecule has 150 valence electrons. The van der Waals surface area contributed by atoms with Crippen molar-refractivity contribution in [3.05, 3.63) is 29.8 Å². The maximum absolute atomic E-state index is 12.5. The number of carbonyl (C=O) groups excluding carboxylic acids is 3. The fraction of sp³-hybridized carbons (Fsp3) is 0.526. The normalized spacial score (nSPS) is 29.7. The third kappa shape index (κ3) is 3.81. The predicted octanol–water partition coefficient (Wildman–Crippen LogP) is 0.110. The number of nitrogens with one attached hydrogen (secondary N) is 2. The van der Waals surface area contributed by atoms with Gasteiger partial charge in [-0.1, -0.05) is 12.1 Å². The van der Waals surface area contributed by atoms with Crippen LogP contribution in [0.3, 0.4) is 0 Å². The van der Waals surface area contributed by atoms with Crippen LogP contribution >= 0.6 is 11.8 Å². The quantitative estimate of drug-likeness (QED) is 0.659. The van der Waals surface area contributed by atoms with Crippen molar-refractivity contribution in [2.24, 2.45) is 0 Å². The van der Waals surface area contributed by atoms with E-state index in [2.05, 4.69) is 10.6 Å². The summed E-state index contributed by atoms with van der Waals surface area (Å²) in [6.07, 6.45) is 0.371. The number of aliphatic hydroxyl groups is 1. The lowest BCUT2D eigenvalue weighted by Gasteiger charge is -2.38. The Labute approximate surface area is 167 Å². The molecular formula is C19H23N3O5S. The van der Waals surface area contributed by atoms with Gasteiger partial charge in [-0.3, -0.25) is 14.4 Å². The first-order valence-electron chi connectivity index (χ1n) is 9.39. The number of ether oxygens (including phenoxy) is 1. The molecule has 1 spiro atoms. The van der Waals surface area contributed by atoms with Crippen LogP contribution in [0, 0.1) is 0 Å². The van der Waals surface area contributed by atoms with Crippen molar-refractivity contribution in [3.63, 3.8) is 0 Å². The van der Waals surface area contributed by atoms with E-state index >= 15 is 0 Å². The average Bonchev–Trinajstić information content (AvgIpc) is 3.01. The molecule has 0 radical (unpaired) electrons. The number of hydrogen-bond acceptors (Lipinski definition) is 6. The number of fused-ring (bicyclic) bond motifs is 1. The second-order valence-electron chi connectivity index (χ2n) is 7.39. The summed E-state index contributed by atoms with van der Waals surface area (Å²) >= 11 is 1.59. The summed E-state index contributed by atoms with van der Waals surface area (Å²) in [6.45, 7) is 0.240. The highest BCUT2D eigenvalue weighted by molar-refractivity contribution is 7.99. The van der Waals surface area contributed by atoms with Gasteiger partial charge in [0.1, 0.15) is 5.75 Å². The number of carbonyl (C=O) groups is 3. The number of hydrogen-bond donors (Lipinski definition) is 3.